The van der Waals surface area contributed by atoms with Gasteiger partial charge in [-0.2, -0.15) is 0 Å². The Bertz CT molecular complexity index is 1020. The summed E-state index contributed by atoms with van der Waals surface area (Å²) >= 11 is 0. The van der Waals surface area contributed by atoms with Crippen LogP contribution in [0.5, 0.6) is 0 Å². The van der Waals surface area contributed by atoms with Gasteiger partial charge in [0.2, 0.25) is 5.89 Å². The van der Waals surface area contributed by atoms with E-state index in [1.165, 1.54) is 17.5 Å². The van der Waals surface area contributed by atoms with E-state index in [4.69, 9.17) is 15.6 Å². The predicted molar refractivity (Wildman–Crippen MR) is 138 cm³/mol. The largest absolute Gasteiger partial charge is 0.447 e. The van der Waals surface area contributed by atoms with Gasteiger partial charge < -0.3 is 24.1 Å². The van der Waals surface area contributed by atoms with Gasteiger partial charge in [-0.3, -0.25) is 14.6 Å². The van der Waals surface area contributed by atoms with Crippen LogP contribution in [0.2, 0.25) is 0 Å². The van der Waals surface area contributed by atoms with Crippen LogP contribution in [0, 0.1) is 12.3 Å². The lowest BCUT2D eigenvalue weighted by molar-refractivity contribution is 0.0146. The third-order valence-electron chi connectivity index (χ3n) is 6.84. The molecule has 9 heteroatoms. The van der Waals surface area contributed by atoms with Crippen LogP contribution in [0.1, 0.15) is 28.9 Å². The van der Waals surface area contributed by atoms with Crippen molar-refractivity contribution in [3.05, 3.63) is 47.7 Å². The van der Waals surface area contributed by atoms with Crippen molar-refractivity contribution in [3.63, 3.8) is 0 Å². The third-order valence-corrected chi connectivity index (χ3v) is 6.84. The second-order valence-electron chi connectivity index (χ2n) is 9.34. The number of terminal acetylenes is 1. The number of benzene rings is 1. The second-order valence-corrected chi connectivity index (χ2v) is 9.34. The van der Waals surface area contributed by atoms with Gasteiger partial charge in [-0.15, -0.1) is 6.42 Å². The molecular formula is C27H37N5O4. The van der Waals surface area contributed by atoms with Gasteiger partial charge in [-0.25, -0.2) is 4.98 Å². The number of hydrogen-bond acceptors (Lipinski definition) is 8. The minimum atomic E-state index is -0.548. The molecule has 0 spiro atoms. The number of carbonyl (C=O) groups is 1. The smallest absolute Gasteiger partial charge is 0.275 e. The number of aryl methyl sites for hydroxylation is 1. The van der Waals surface area contributed by atoms with Gasteiger partial charge in [0.15, 0.2) is 5.69 Å². The molecule has 0 bridgehead atoms. The molecule has 2 aliphatic rings. The van der Waals surface area contributed by atoms with Gasteiger partial charge in [0.1, 0.15) is 12.9 Å². The summed E-state index contributed by atoms with van der Waals surface area (Å²) in [5.41, 5.74) is 2.98. The number of amides is 1. The van der Waals surface area contributed by atoms with E-state index in [1.807, 2.05) is 4.90 Å². The number of aliphatic hydroxyl groups is 1. The van der Waals surface area contributed by atoms with Crippen LogP contribution >= 0.6 is 0 Å². The van der Waals surface area contributed by atoms with Crippen LogP contribution in [0.15, 0.2) is 34.9 Å². The molecular weight excluding hydrogens is 458 g/mol. The standard InChI is InChI=1S/C27H37N5O4/c1-3-17-35-20-23(33)18-29-9-11-30(12-10-29)19-26-28-24(21-36-26)27(34)32-15-13-31(14-16-32)25-8-6-5-7-22(25)4-2/h1,5-8,21,23,33H,4,9-20H2,2H3. The van der Waals surface area contributed by atoms with E-state index in [9.17, 15) is 9.90 Å². The summed E-state index contributed by atoms with van der Waals surface area (Å²) < 4.78 is 10.9. The average molecular weight is 496 g/mol. The van der Waals surface area contributed by atoms with E-state index in [0.29, 0.717) is 37.8 Å². The zero-order valence-corrected chi connectivity index (χ0v) is 21.1. The number of ether oxygens (including phenoxy) is 1. The highest BCUT2D eigenvalue weighted by molar-refractivity contribution is 5.92. The van der Waals surface area contributed by atoms with Crippen molar-refractivity contribution < 1.29 is 19.1 Å². The van der Waals surface area contributed by atoms with Gasteiger partial charge in [0.25, 0.3) is 5.91 Å². The zero-order valence-electron chi connectivity index (χ0n) is 21.1. The quantitative estimate of drug-likeness (QED) is 0.390. The van der Waals surface area contributed by atoms with E-state index in [1.54, 1.807) is 0 Å². The van der Waals surface area contributed by atoms with E-state index in [0.717, 1.165) is 45.7 Å². The lowest BCUT2D eigenvalue weighted by atomic mass is 10.1. The highest BCUT2D eigenvalue weighted by Gasteiger charge is 2.26. The SMILES string of the molecule is C#CCOCC(O)CN1CCN(Cc2nc(C(=O)N3CCN(c4ccccc4CC)CC3)co2)CC1. The fourth-order valence-corrected chi connectivity index (χ4v) is 4.84. The molecule has 1 aromatic carbocycles. The Kier molecular flexibility index (Phi) is 9.36. The summed E-state index contributed by atoms with van der Waals surface area (Å²) in [7, 11) is 0. The normalized spacial score (nSPS) is 18.2. The predicted octanol–water partition coefficient (Wildman–Crippen LogP) is 1.33. The number of aliphatic hydroxyl groups excluding tert-OH is 1. The first-order valence-electron chi connectivity index (χ1n) is 12.8. The maximum Gasteiger partial charge on any atom is 0.275 e. The monoisotopic (exact) mass is 495 g/mol. The second kappa shape index (κ2) is 12.9. The topological polar surface area (TPSA) is 85.5 Å². The maximum absolute atomic E-state index is 13.0. The van der Waals surface area contributed by atoms with Crippen molar-refractivity contribution in [2.75, 3.05) is 77.0 Å². The van der Waals surface area contributed by atoms with Crippen molar-refractivity contribution in [2.45, 2.75) is 26.0 Å². The number of oxazole rings is 1. The minimum absolute atomic E-state index is 0.0701. The Morgan fingerprint density at radius 2 is 1.86 bits per heavy atom. The van der Waals surface area contributed by atoms with Crippen LogP contribution in [0.3, 0.4) is 0 Å². The first-order chi connectivity index (χ1) is 17.6. The molecule has 1 unspecified atom stereocenters. The molecule has 2 aromatic rings. The molecule has 3 heterocycles. The number of β-amino-alcohol motifs (C(OH)–C–C–N with tert-alkyl or cyclic N) is 1. The first-order valence-corrected chi connectivity index (χ1v) is 12.8. The summed E-state index contributed by atoms with van der Waals surface area (Å²) in [6, 6.07) is 8.49. The molecule has 9 nitrogen and oxygen atoms in total. The van der Waals surface area contributed by atoms with Gasteiger partial charge in [0, 0.05) is 64.6 Å². The van der Waals surface area contributed by atoms with E-state index in [2.05, 4.69) is 56.8 Å². The Balaban J connectivity index is 1.21. The molecule has 1 aromatic heterocycles. The van der Waals surface area contributed by atoms with Gasteiger partial charge >= 0.3 is 0 Å². The summed E-state index contributed by atoms with van der Waals surface area (Å²) in [5.74, 6) is 2.89. The van der Waals surface area contributed by atoms with Crippen molar-refractivity contribution in [3.8, 4) is 12.3 Å². The van der Waals surface area contributed by atoms with E-state index < -0.39 is 6.10 Å². The molecule has 2 aliphatic heterocycles. The van der Waals surface area contributed by atoms with Crippen LogP contribution in [-0.4, -0.2) is 109 Å². The number of nitrogens with zero attached hydrogens (tertiary/aromatic N) is 5. The summed E-state index contributed by atoms with van der Waals surface area (Å²) in [6.45, 7) is 10.1. The molecule has 1 N–H and O–H groups in total. The molecule has 0 aliphatic carbocycles. The Hall–Kier alpha value is -2.90. The van der Waals surface area contributed by atoms with Gasteiger partial charge in [-0.05, 0) is 18.1 Å². The molecule has 36 heavy (non-hydrogen) atoms. The van der Waals surface area contributed by atoms with Crippen molar-refractivity contribution >= 4 is 11.6 Å². The molecule has 2 fully saturated rings. The summed E-state index contributed by atoms with van der Waals surface area (Å²) in [4.78, 5) is 26.2. The number of aromatic nitrogens is 1. The van der Waals surface area contributed by atoms with Crippen LogP contribution < -0.4 is 4.90 Å². The fraction of sp³-hybridized carbons (Fsp3) is 0.556. The average Bonchev–Trinajstić information content (AvgIpc) is 3.38. The summed E-state index contributed by atoms with van der Waals surface area (Å²) in [5, 5.41) is 10.1. The molecule has 0 saturated carbocycles. The molecule has 0 radical (unpaired) electrons. The van der Waals surface area contributed by atoms with Crippen molar-refractivity contribution in [1.29, 1.82) is 0 Å². The van der Waals surface area contributed by atoms with Crippen molar-refractivity contribution in [1.82, 2.24) is 19.7 Å². The lowest BCUT2D eigenvalue weighted by Gasteiger charge is -2.36. The Labute approximate surface area is 213 Å². The highest BCUT2D eigenvalue weighted by atomic mass is 16.5. The number of hydrogen-bond donors (Lipinski definition) is 1. The molecule has 1 amide bonds. The molecule has 4 rings (SSSR count). The van der Waals surface area contributed by atoms with Gasteiger partial charge in [0.05, 0.1) is 19.3 Å². The first kappa shape index (κ1) is 26.2. The number of anilines is 1. The Morgan fingerprint density at radius 3 is 2.58 bits per heavy atom. The van der Waals surface area contributed by atoms with E-state index in [-0.39, 0.29) is 19.1 Å². The Morgan fingerprint density at radius 1 is 1.14 bits per heavy atom. The highest BCUT2D eigenvalue weighted by Crippen LogP contribution is 2.23. The molecule has 1 atom stereocenters. The maximum atomic E-state index is 13.0. The fourth-order valence-electron chi connectivity index (χ4n) is 4.84. The van der Waals surface area contributed by atoms with Crippen LogP contribution in [0.25, 0.3) is 0 Å². The minimum Gasteiger partial charge on any atom is -0.447 e. The number of para-hydroxylation sites is 1. The van der Waals surface area contributed by atoms with E-state index >= 15 is 0 Å². The molecule has 194 valence electrons. The summed E-state index contributed by atoms with van der Waals surface area (Å²) in [6.07, 6.45) is 7.09. The molecule has 2 saturated heterocycles. The zero-order chi connectivity index (χ0) is 25.3. The lowest BCUT2D eigenvalue weighted by Crippen LogP contribution is -2.49. The number of carbonyl (C=O) groups excluding carboxylic acids is 1. The van der Waals surface area contributed by atoms with Crippen LogP contribution in [0.4, 0.5) is 5.69 Å². The number of rotatable bonds is 10. The third kappa shape index (κ3) is 6.86. The number of piperazine rings is 2. The van der Waals surface area contributed by atoms with Crippen LogP contribution in [-0.2, 0) is 17.7 Å². The van der Waals surface area contributed by atoms with Crippen molar-refractivity contribution in [2.24, 2.45) is 0 Å². The van der Waals surface area contributed by atoms with Gasteiger partial charge in [-0.1, -0.05) is 31.0 Å².